The van der Waals surface area contributed by atoms with Gasteiger partial charge in [-0.25, -0.2) is 3.21 Å². The zero-order valence-electron chi connectivity index (χ0n) is 15.7. The van der Waals surface area contributed by atoms with Crippen molar-refractivity contribution in [2.75, 3.05) is 13.7 Å². The van der Waals surface area contributed by atoms with E-state index < -0.39 is 19.1 Å². The second-order valence-corrected chi connectivity index (χ2v) is 10.7. The van der Waals surface area contributed by atoms with Crippen LogP contribution in [0.25, 0.3) is 16.5 Å². The molecular formula is C22H18IN3O2S. The molecular weight excluding hydrogens is 497 g/mol. The third-order valence-corrected chi connectivity index (χ3v) is 8.70. The van der Waals surface area contributed by atoms with Crippen LogP contribution in [0.2, 0.25) is 0 Å². The Morgan fingerprint density at radius 3 is 2.97 bits per heavy atom. The van der Waals surface area contributed by atoms with E-state index in [1.807, 2.05) is 24.3 Å². The highest BCUT2D eigenvalue weighted by Crippen LogP contribution is 2.32. The van der Waals surface area contributed by atoms with Crippen molar-refractivity contribution in [3.05, 3.63) is 71.2 Å². The predicted octanol–water partition coefficient (Wildman–Crippen LogP) is 4.99. The van der Waals surface area contributed by atoms with Gasteiger partial charge in [0.25, 0.3) is 0 Å². The first-order valence-corrected chi connectivity index (χ1v) is 13.4. The van der Waals surface area contributed by atoms with E-state index in [0.717, 1.165) is 28.2 Å². The van der Waals surface area contributed by atoms with Gasteiger partial charge in [0, 0.05) is 23.8 Å². The molecule has 0 N–H and O–H groups in total. The Morgan fingerprint density at radius 1 is 1.21 bits per heavy atom. The van der Waals surface area contributed by atoms with Crippen LogP contribution in [-0.4, -0.2) is 37.6 Å². The second-order valence-electron chi connectivity index (χ2n) is 6.44. The minimum Gasteiger partial charge on any atom is -0.497 e. The first kappa shape index (κ1) is 18.4. The van der Waals surface area contributed by atoms with Crippen molar-refractivity contribution in [3.8, 4) is 11.5 Å². The Morgan fingerprint density at radius 2 is 2.14 bits per heavy atom. The Bertz CT molecular complexity index is 1270. The van der Waals surface area contributed by atoms with E-state index in [2.05, 4.69) is 49.6 Å². The molecule has 0 saturated carbocycles. The molecule has 3 aromatic rings. The van der Waals surface area contributed by atoms with Crippen molar-refractivity contribution in [2.24, 2.45) is 3.21 Å². The van der Waals surface area contributed by atoms with E-state index in [4.69, 9.17) is 12.7 Å². The smallest absolute Gasteiger partial charge is 0.157 e. The number of aromatic nitrogens is 1. The summed E-state index contributed by atoms with van der Waals surface area (Å²) in [6.45, 7) is 0.388. The molecule has 0 aliphatic carbocycles. The SMILES string of the molecule is C=I1=C2C=CC(c3ccsc3)=CN2C(COc2ccnc3cc(OC)ccc23)=N1. The van der Waals surface area contributed by atoms with E-state index in [1.165, 1.54) is 14.8 Å². The predicted molar refractivity (Wildman–Crippen MR) is 131 cm³/mol. The molecule has 0 unspecified atom stereocenters. The number of fused-ring (bicyclic) bond motifs is 2. The number of ether oxygens (including phenoxy) is 2. The van der Waals surface area contributed by atoms with Gasteiger partial charge in [0.1, 0.15) is 18.1 Å². The number of nitrogens with zero attached hydrogens (tertiary/aromatic N) is 3. The Hall–Kier alpha value is -2.65. The lowest BCUT2D eigenvalue weighted by atomic mass is 10.1. The van der Waals surface area contributed by atoms with E-state index in [9.17, 15) is 0 Å². The minimum absolute atomic E-state index is 0.388. The maximum absolute atomic E-state index is 6.18. The summed E-state index contributed by atoms with van der Waals surface area (Å²) in [7, 11) is 1.65. The van der Waals surface area contributed by atoms with Crippen molar-refractivity contribution >= 4 is 60.9 Å². The minimum atomic E-state index is -1.78. The van der Waals surface area contributed by atoms with Crippen LogP contribution in [0.3, 0.4) is 0 Å². The standard InChI is InChI=1S/C22H18IN3O2S/c1-23-21-6-3-15(16-8-10-29-14-16)12-26(21)22(25-23)13-28-20-7-9-24-19-11-17(27-2)4-5-18(19)20/h3-12,14H,1,13H2,2H3. The topological polar surface area (TPSA) is 47.0 Å². The molecule has 0 fully saturated rings. The van der Waals surface area contributed by atoms with Gasteiger partial charge in [0.05, 0.1) is 16.3 Å². The molecule has 0 bridgehead atoms. The molecule has 2 aromatic heterocycles. The number of pyridine rings is 1. The molecule has 0 amide bonds. The highest BCUT2D eigenvalue weighted by atomic mass is 127. The fourth-order valence-electron chi connectivity index (χ4n) is 3.25. The van der Waals surface area contributed by atoms with E-state index >= 15 is 0 Å². The lowest BCUT2D eigenvalue weighted by Crippen LogP contribution is -2.32. The first-order chi connectivity index (χ1) is 14.2. The van der Waals surface area contributed by atoms with Crippen molar-refractivity contribution in [1.82, 2.24) is 9.88 Å². The summed E-state index contributed by atoms with van der Waals surface area (Å²) in [5.41, 5.74) is 3.24. The van der Waals surface area contributed by atoms with Crippen LogP contribution in [0.1, 0.15) is 5.56 Å². The molecule has 5 nitrogen and oxygen atoms in total. The third kappa shape index (κ3) is 3.44. The molecule has 2 aliphatic rings. The van der Waals surface area contributed by atoms with E-state index in [1.54, 1.807) is 24.6 Å². The molecule has 146 valence electrons. The maximum Gasteiger partial charge on any atom is 0.157 e. The summed E-state index contributed by atoms with van der Waals surface area (Å²) in [5.74, 6) is 2.47. The van der Waals surface area contributed by atoms with Gasteiger partial charge in [0.2, 0.25) is 0 Å². The normalized spacial score (nSPS) is 16.0. The molecule has 7 heteroatoms. The molecule has 1 aromatic carbocycles. The van der Waals surface area contributed by atoms with Gasteiger partial charge in [-0.1, -0.05) is 10.6 Å². The number of halogens is 1. The number of rotatable bonds is 5. The van der Waals surface area contributed by atoms with Crippen molar-refractivity contribution in [1.29, 1.82) is 0 Å². The van der Waals surface area contributed by atoms with Crippen molar-refractivity contribution in [3.63, 3.8) is 0 Å². The molecule has 29 heavy (non-hydrogen) atoms. The monoisotopic (exact) mass is 515 g/mol. The molecule has 0 atom stereocenters. The van der Waals surface area contributed by atoms with Crippen molar-refractivity contribution < 1.29 is 9.47 Å². The maximum atomic E-state index is 6.18. The largest absolute Gasteiger partial charge is 0.497 e. The molecule has 0 radical (unpaired) electrons. The molecule has 4 heterocycles. The summed E-state index contributed by atoms with van der Waals surface area (Å²) < 4.78 is 21.9. The van der Waals surface area contributed by atoms with Gasteiger partial charge in [-0.15, -0.1) is 0 Å². The lowest BCUT2D eigenvalue weighted by Gasteiger charge is -2.22. The summed E-state index contributed by atoms with van der Waals surface area (Å²) in [5, 5.41) is 5.20. The second kappa shape index (κ2) is 7.64. The Labute approximate surface area is 179 Å². The lowest BCUT2D eigenvalue weighted by molar-refractivity contribution is 0.372. The average molecular weight is 515 g/mol. The van der Waals surface area contributed by atoms with Gasteiger partial charge >= 0.3 is 0 Å². The fourth-order valence-corrected chi connectivity index (χ4v) is 6.82. The Balaban J connectivity index is 1.40. The van der Waals surface area contributed by atoms with Gasteiger partial charge in [-0.3, -0.25) is 9.88 Å². The van der Waals surface area contributed by atoms with Gasteiger partial charge in [0.15, 0.2) is 5.84 Å². The van der Waals surface area contributed by atoms with Crippen LogP contribution in [0.4, 0.5) is 0 Å². The number of allylic oxidation sites excluding steroid dienone is 2. The zero-order valence-corrected chi connectivity index (χ0v) is 18.7. The van der Waals surface area contributed by atoms with Crippen LogP contribution in [-0.2, 0) is 0 Å². The molecule has 5 rings (SSSR count). The fraction of sp³-hybridized carbons (Fsp3) is 0.0909. The van der Waals surface area contributed by atoms with Crippen LogP contribution >= 0.6 is 30.5 Å². The first-order valence-electron chi connectivity index (χ1n) is 8.94. The highest BCUT2D eigenvalue weighted by Gasteiger charge is 2.23. The van der Waals surface area contributed by atoms with E-state index in [-0.39, 0.29) is 0 Å². The Kier molecular flexibility index (Phi) is 4.84. The number of methoxy groups -OCH3 is 1. The highest BCUT2D eigenvalue weighted by molar-refractivity contribution is 14.2. The summed E-state index contributed by atoms with van der Waals surface area (Å²) in [6.07, 6.45) is 8.23. The van der Waals surface area contributed by atoms with Crippen LogP contribution in [0.15, 0.2) is 68.8 Å². The van der Waals surface area contributed by atoms with Gasteiger partial charge < -0.3 is 9.47 Å². The number of hydrogen-bond donors (Lipinski definition) is 0. The van der Waals surface area contributed by atoms with E-state index in [0.29, 0.717) is 6.61 Å². The van der Waals surface area contributed by atoms with Crippen molar-refractivity contribution in [2.45, 2.75) is 0 Å². The number of hydrogen-bond acceptors (Lipinski definition) is 6. The number of thiophene rings is 1. The average Bonchev–Trinajstić information content (AvgIpc) is 3.40. The van der Waals surface area contributed by atoms with Gasteiger partial charge in [-0.2, -0.15) is 11.3 Å². The summed E-state index contributed by atoms with van der Waals surface area (Å²) >= 11 is -0.0841. The summed E-state index contributed by atoms with van der Waals surface area (Å²) in [4.78, 5) is 6.59. The zero-order chi connectivity index (χ0) is 19.8. The van der Waals surface area contributed by atoms with Gasteiger partial charge in [-0.05, 0) is 71.4 Å². The molecule has 2 aliphatic heterocycles. The number of benzene rings is 1. The summed E-state index contributed by atoms with van der Waals surface area (Å²) in [6, 6.07) is 9.82. The number of amidine groups is 1. The molecule has 0 spiro atoms. The third-order valence-electron chi connectivity index (χ3n) is 4.72. The molecule has 0 saturated heterocycles. The quantitative estimate of drug-likeness (QED) is 0.450. The van der Waals surface area contributed by atoms with Crippen LogP contribution < -0.4 is 9.47 Å². The van der Waals surface area contributed by atoms with Crippen LogP contribution in [0, 0.1) is 0 Å². The van der Waals surface area contributed by atoms with Crippen LogP contribution in [0.5, 0.6) is 11.5 Å².